The minimum Gasteiger partial charge on any atom is -0.353 e. The molecule has 8 nitrogen and oxygen atoms in total. The maximum absolute atomic E-state index is 13.0. The van der Waals surface area contributed by atoms with E-state index >= 15 is 0 Å². The van der Waals surface area contributed by atoms with Gasteiger partial charge in [0, 0.05) is 29.6 Å². The lowest BCUT2D eigenvalue weighted by atomic mass is 9.80. The van der Waals surface area contributed by atoms with Gasteiger partial charge in [-0.05, 0) is 32.6 Å². The van der Waals surface area contributed by atoms with Crippen molar-refractivity contribution in [1.29, 1.82) is 0 Å². The number of nitrogens with one attached hydrogen (secondary N) is 1. The number of allylic oxidation sites excluding steroid dienone is 1. The zero-order valence-electron chi connectivity index (χ0n) is 16.3. The van der Waals surface area contributed by atoms with Crippen LogP contribution in [0.5, 0.6) is 0 Å². The number of nitrogens with zero attached hydrogens (tertiary/aromatic N) is 1. The molecule has 1 aliphatic rings. The number of hydrogen-bond acceptors (Lipinski definition) is 6. The van der Waals surface area contributed by atoms with Crippen molar-refractivity contribution in [3.05, 3.63) is 21.5 Å². The Balaban J connectivity index is 3.16. The average molecular weight is 390 g/mol. The topological polar surface area (TPSA) is 108 Å². The van der Waals surface area contributed by atoms with Crippen LogP contribution in [-0.2, 0) is 18.4 Å². The first-order valence-corrected chi connectivity index (χ1v) is 10.7. The second kappa shape index (κ2) is 10.2. The number of rotatable bonds is 10. The second-order valence-electron chi connectivity index (χ2n) is 6.92. The Bertz CT molecular complexity index is 568. The molecular formula is C17H31N2O6P. The van der Waals surface area contributed by atoms with Crippen molar-refractivity contribution in [3.63, 3.8) is 0 Å². The number of carbonyl (C=O) groups is 1. The van der Waals surface area contributed by atoms with E-state index in [9.17, 15) is 19.5 Å². The normalized spacial score (nSPS) is 22.0. The summed E-state index contributed by atoms with van der Waals surface area (Å²) in [5.74, 6) is -0.291. The van der Waals surface area contributed by atoms with Gasteiger partial charge >= 0.3 is 7.60 Å². The molecule has 1 aliphatic carbocycles. The van der Waals surface area contributed by atoms with E-state index in [1.807, 2.05) is 13.8 Å². The minimum atomic E-state index is -3.51. The molecule has 0 aromatic rings. The molecule has 1 N–H and O–H groups in total. The van der Waals surface area contributed by atoms with Crippen molar-refractivity contribution in [2.75, 3.05) is 13.2 Å². The van der Waals surface area contributed by atoms with Gasteiger partial charge in [-0.15, -0.1) is 0 Å². The first-order valence-electron chi connectivity index (χ1n) is 9.13. The summed E-state index contributed by atoms with van der Waals surface area (Å²) in [4.78, 5) is 23.0. The molecule has 0 bridgehead atoms. The van der Waals surface area contributed by atoms with Crippen molar-refractivity contribution >= 4 is 13.5 Å². The molecule has 9 heteroatoms. The van der Waals surface area contributed by atoms with Gasteiger partial charge in [0.15, 0.2) is 0 Å². The monoisotopic (exact) mass is 390 g/mol. The number of nitro groups is 1. The fourth-order valence-corrected chi connectivity index (χ4v) is 5.24. The molecule has 26 heavy (non-hydrogen) atoms. The Morgan fingerprint density at radius 1 is 1.38 bits per heavy atom. The van der Waals surface area contributed by atoms with Crippen LogP contribution in [0.3, 0.4) is 0 Å². The molecule has 0 saturated heterocycles. The molecule has 0 aromatic carbocycles. The SMILES string of the molecule is CCOP(=O)(OCC)C1=CC[C@@H]([C@H](CC(C)C)NC(C)=O)[C@H]([N+](=O)[O-])C1. The largest absolute Gasteiger partial charge is 0.357 e. The zero-order valence-corrected chi connectivity index (χ0v) is 17.2. The number of hydrogen-bond donors (Lipinski definition) is 1. The molecule has 1 rings (SSSR count). The summed E-state index contributed by atoms with van der Waals surface area (Å²) < 4.78 is 23.6. The van der Waals surface area contributed by atoms with Crippen molar-refractivity contribution < 1.29 is 23.3 Å². The smallest absolute Gasteiger partial charge is 0.353 e. The lowest BCUT2D eigenvalue weighted by Gasteiger charge is -2.34. The molecule has 0 fully saturated rings. The average Bonchev–Trinajstić information content (AvgIpc) is 2.53. The fraction of sp³-hybridized carbons (Fsp3) is 0.824. The first kappa shape index (κ1) is 22.8. The minimum absolute atomic E-state index is 0.00310. The fourth-order valence-electron chi connectivity index (χ4n) is 3.42. The standard InChI is InChI=1S/C17H31N2O6P/c1-6-24-26(23,25-7-2)14-8-9-15(17(11-14)19(21)22)16(10-12(3)4)18-13(5)20/h8,12,15-17H,6-7,9-11H2,1-5H3,(H,18,20)/t15-,16-,17+/m0/s1. The maximum Gasteiger partial charge on any atom is 0.357 e. The Hall–Kier alpha value is -1.24. The van der Waals surface area contributed by atoms with Gasteiger partial charge < -0.3 is 14.4 Å². The van der Waals surface area contributed by atoms with Gasteiger partial charge in [-0.3, -0.25) is 19.5 Å². The highest BCUT2D eigenvalue weighted by Gasteiger charge is 2.45. The third-order valence-corrected chi connectivity index (χ3v) is 6.65. The molecule has 0 saturated carbocycles. The third-order valence-electron chi connectivity index (χ3n) is 4.39. The van der Waals surface area contributed by atoms with Crippen LogP contribution in [0, 0.1) is 22.0 Å². The van der Waals surface area contributed by atoms with Crippen LogP contribution in [0.15, 0.2) is 11.4 Å². The van der Waals surface area contributed by atoms with Crippen molar-refractivity contribution in [2.24, 2.45) is 11.8 Å². The molecule has 150 valence electrons. The summed E-state index contributed by atoms with van der Waals surface area (Å²) in [7, 11) is -3.51. The quantitative estimate of drug-likeness (QED) is 0.346. The Morgan fingerprint density at radius 2 is 1.96 bits per heavy atom. The molecule has 0 spiro atoms. The highest BCUT2D eigenvalue weighted by Crippen LogP contribution is 2.59. The van der Waals surface area contributed by atoms with E-state index in [1.165, 1.54) is 6.92 Å². The van der Waals surface area contributed by atoms with Gasteiger partial charge in [-0.1, -0.05) is 19.9 Å². The van der Waals surface area contributed by atoms with Gasteiger partial charge in [-0.2, -0.15) is 0 Å². The van der Waals surface area contributed by atoms with Crippen molar-refractivity contribution in [3.8, 4) is 0 Å². The molecule has 0 radical (unpaired) electrons. The van der Waals surface area contributed by atoms with E-state index in [0.717, 1.165) is 0 Å². The van der Waals surface area contributed by atoms with Gasteiger partial charge in [0.2, 0.25) is 11.9 Å². The summed E-state index contributed by atoms with van der Waals surface area (Å²) in [5, 5.41) is 15.0. The Morgan fingerprint density at radius 3 is 2.38 bits per heavy atom. The van der Waals surface area contributed by atoms with E-state index < -0.39 is 13.6 Å². The van der Waals surface area contributed by atoms with Crippen LogP contribution in [0.1, 0.15) is 53.9 Å². The third kappa shape index (κ3) is 6.18. The number of amides is 1. The van der Waals surface area contributed by atoms with Crippen LogP contribution in [0.25, 0.3) is 0 Å². The first-order chi connectivity index (χ1) is 12.1. The van der Waals surface area contributed by atoms with Gasteiger partial charge in [0.25, 0.3) is 0 Å². The van der Waals surface area contributed by atoms with Crippen molar-refractivity contribution in [1.82, 2.24) is 5.32 Å². The van der Waals surface area contributed by atoms with Crippen LogP contribution in [0.4, 0.5) is 0 Å². The molecular weight excluding hydrogens is 359 g/mol. The van der Waals surface area contributed by atoms with Crippen LogP contribution < -0.4 is 5.32 Å². The molecule has 0 aliphatic heterocycles. The Labute approximate surface area is 155 Å². The summed E-state index contributed by atoms with van der Waals surface area (Å²) in [5.41, 5.74) is 0. The van der Waals surface area contributed by atoms with E-state index in [4.69, 9.17) is 9.05 Å². The van der Waals surface area contributed by atoms with Crippen LogP contribution >= 0.6 is 7.60 Å². The predicted molar refractivity (Wildman–Crippen MR) is 99.5 cm³/mol. The number of carbonyl (C=O) groups excluding carboxylic acids is 1. The maximum atomic E-state index is 13.0. The van der Waals surface area contributed by atoms with Crippen molar-refractivity contribution in [2.45, 2.75) is 66.0 Å². The van der Waals surface area contributed by atoms with E-state index in [2.05, 4.69) is 5.32 Å². The molecule has 0 aromatic heterocycles. The summed E-state index contributed by atoms with van der Waals surface area (Å²) >= 11 is 0. The molecule has 1 amide bonds. The van der Waals surface area contributed by atoms with Gasteiger partial charge in [0.05, 0.1) is 19.1 Å². The van der Waals surface area contributed by atoms with E-state index in [1.54, 1.807) is 19.9 Å². The van der Waals surface area contributed by atoms with Gasteiger partial charge in [0.1, 0.15) is 0 Å². The summed E-state index contributed by atoms with van der Waals surface area (Å²) in [6.07, 6.45) is 2.74. The summed E-state index contributed by atoms with van der Waals surface area (Å²) in [6, 6.07) is -1.25. The lowest BCUT2D eigenvalue weighted by molar-refractivity contribution is -0.533. The molecule has 0 unspecified atom stereocenters. The van der Waals surface area contributed by atoms with E-state index in [0.29, 0.717) is 18.2 Å². The molecule has 0 heterocycles. The Kier molecular flexibility index (Phi) is 8.93. The van der Waals surface area contributed by atoms with E-state index in [-0.39, 0.29) is 48.3 Å². The lowest BCUT2D eigenvalue weighted by Crippen LogP contribution is -2.48. The highest BCUT2D eigenvalue weighted by molar-refractivity contribution is 7.58. The highest BCUT2D eigenvalue weighted by atomic mass is 31.2. The predicted octanol–water partition coefficient (Wildman–Crippen LogP) is 3.74. The zero-order chi connectivity index (χ0) is 19.9. The van der Waals surface area contributed by atoms with Crippen LogP contribution in [0.2, 0.25) is 0 Å². The summed E-state index contributed by atoms with van der Waals surface area (Å²) in [6.45, 7) is 9.25. The molecule has 3 atom stereocenters. The van der Waals surface area contributed by atoms with Gasteiger partial charge in [-0.25, -0.2) is 0 Å². The second-order valence-corrected chi connectivity index (χ2v) is 9.01. The van der Waals surface area contributed by atoms with Crippen LogP contribution in [-0.4, -0.2) is 36.1 Å².